The van der Waals surface area contributed by atoms with Crippen LogP contribution in [0.3, 0.4) is 0 Å². The van der Waals surface area contributed by atoms with Crippen LogP contribution >= 0.6 is 15.9 Å². The number of alkyl halides is 2. The van der Waals surface area contributed by atoms with Gasteiger partial charge in [-0.3, -0.25) is 4.79 Å². The monoisotopic (exact) mass is 334 g/mol. The molecule has 0 atom stereocenters. The molecule has 1 aliphatic rings. The highest BCUT2D eigenvalue weighted by Gasteiger charge is 2.38. The fourth-order valence-corrected chi connectivity index (χ4v) is 2.21. The predicted molar refractivity (Wildman–Crippen MR) is 68.1 cm³/mol. The van der Waals surface area contributed by atoms with Gasteiger partial charge < -0.3 is 9.47 Å². The molecule has 0 saturated heterocycles. The van der Waals surface area contributed by atoms with E-state index in [0.29, 0.717) is 5.75 Å². The zero-order valence-corrected chi connectivity index (χ0v) is 11.8. The Bertz CT molecular complexity index is 473. The molecule has 1 fully saturated rings. The molecular formula is C13H13BrF2O3. The summed E-state index contributed by atoms with van der Waals surface area (Å²) in [6.45, 7) is -0.858. The van der Waals surface area contributed by atoms with Crippen molar-refractivity contribution in [3.05, 3.63) is 28.2 Å². The van der Waals surface area contributed by atoms with Crippen LogP contribution in [0.15, 0.2) is 22.7 Å². The third-order valence-corrected chi connectivity index (χ3v) is 3.94. The van der Waals surface area contributed by atoms with Gasteiger partial charge in [0, 0.05) is 4.47 Å². The van der Waals surface area contributed by atoms with Gasteiger partial charge in [-0.25, -0.2) is 0 Å². The Morgan fingerprint density at radius 3 is 2.68 bits per heavy atom. The second-order valence-corrected chi connectivity index (χ2v) is 5.37. The molecular weight excluding hydrogens is 322 g/mol. The predicted octanol–water partition coefficient (Wildman–Crippen LogP) is 3.68. The van der Waals surface area contributed by atoms with Crippen molar-refractivity contribution >= 4 is 21.9 Å². The van der Waals surface area contributed by atoms with E-state index >= 15 is 0 Å². The molecule has 104 valence electrons. The van der Waals surface area contributed by atoms with Crippen LogP contribution in [0.25, 0.3) is 0 Å². The lowest BCUT2D eigenvalue weighted by atomic mass is 9.82. The number of hydrogen-bond donors (Lipinski definition) is 0. The van der Waals surface area contributed by atoms with Crippen molar-refractivity contribution in [1.82, 2.24) is 0 Å². The Hall–Kier alpha value is -1.01. The van der Waals surface area contributed by atoms with Gasteiger partial charge in [0.15, 0.2) is 0 Å². The van der Waals surface area contributed by atoms with Crippen molar-refractivity contribution in [3.63, 3.8) is 0 Å². The quantitative estimate of drug-likeness (QED) is 0.622. The van der Waals surface area contributed by atoms with Crippen molar-refractivity contribution < 1.29 is 23.0 Å². The summed E-state index contributed by atoms with van der Waals surface area (Å²) < 4.78 is 34.2. The smallest absolute Gasteiger partial charge is 0.345 e. The van der Waals surface area contributed by atoms with E-state index in [1.165, 1.54) is 0 Å². The first-order valence-corrected chi connectivity index (χ1v) is 6.66. The SMILES string of the molecule is Cc1ccc(OC(=O)C2CC(OC(F)F)C2)cc1Br. The molecule has 0 aromatic heterocycles. The van der Waals surface area contributed by atoms with Gasteiger partial charge in [-0.15, -0.1) is 0 Å². The van der Waals surface area contributed by atoms with Crippen LogP contribution in [0.1, 0.15) is 18.4 Å². The van der Waals surface area contributed by atoms with Gasteiger partial charge in [-0.05, 0) is 37.5 Å². The van der Waals surface area contributed by atoms with Crippen molar-refractivity contribution in [2.45, 2.75) is 32.5 Å². The van der Waals surface area contributed by atoms with E-state index in [1.807, 2.05) is 13.0 Å². The van der Waals surface area contributed by atoms with Crippen LogP contribution < -0.4 is 4.74 Å². The van der Waals surface area contributed by atoms with Gasteiger partial charge in [-0.2, -0.15) is 8.78 Å². The number of ether oxygens (including phenoxy) is 2. The molecule has 0 N–H and O–H groups in total. The maximum Gasteiger partial charge on any atom is 0.345 e. The second-order valence-electron chi connectivity index (χ2n) is 4.52. The molecule has 1 saturated carbocycles. The number of halogens is 3. The van der Waals surface area contributed by atoms with Gasteiger partial charge in [0.05, 0.1) is 12.0 Å². The van der Waals surface area contributed by atoms with Crippen LogP contribution in [-0.4, -0.2) is 18.7 Å². The zero-order valence-electron chi connectivity index (χ0n) is 10.2. The summed E-state index contributed by atoms with van der Waals surface area (Å²) in [5.41, 5.74) is 1.04. The van der Waals surface area contributed by atoms with E-state index in [1.54, 1.807) is 12.1 Å². The van der Waals surface area contributed by atoms with E-state index in [0.717, 1.165) is 10.0 Å². The maximum atomic E-state index is 11.9. The Balaban J connectivity index is 1.84. The first-order chi connectivity index (χ1) is 8.95. The normalized spacial score (nSPS) is 22.2. The number of esters is 1. The molecule has 0 unspecified atom stereocenters. The molecule has 0 aliphatic heterocycles. The molecule has 1 aromatic carbocycles. The average Bonchev–Trinajstić information content (AvgIpc) is 2.27. The third kappa shape index (κ3) is 3.73. The molecule has 1 aromatic rings. The molecule has 0 bridgehead atoms. The van der Waals surface area contributed by atoms with E-state index in [4.69, 9.17) is 4.74 Å². The summed E-state index contributed by atoms with van der Waals surface area (Å²) >= 11 is 3.35. The van der Waals surface area contributed by atoms with E-state index < -0.39 is 18.7 Å². The minimum atomic E-state index is -2.78. The molecule has 2 rings (SSSR count). The minimum absolute atomic E-state index is 0.288. The van der Waals surface area contributed by atoms with Crippen molar-refractivity contribution in [3.8, 4) is 5.75 Å². The standard InChI is InChI=1S/C13H13BrF2O3/c1-7-2-3-9(6-11(7)14)18-12(17)8-4-10(5-8)19-13(15)16/h2-3,6,8,10,13H,4-5H2,1H3. The Morgan fingerprint density at radius 1 is 1.42 bits per heavy atom. The molecule has 0 heterocycles. The van der Waals surface area contributed by atoms with Crippen LogP contribution in [0.4, 0.5) is 8.78 Å². The average molecular weight is 335 g/mol. The van der Waals surface area contributed by atoms with Crippen LogP contribution in [-0.2, 0) is 9.53 Å². The fourth-order valence-electron chi connectivity index (χ4n) is 1.85. The Morgan fingerprint density at radius 2 is 2.11 bits per heavy atom. The minimum Gasteiger partial charge on any atom is -0.426 e. The Labute approximate surface area is 118 Å². The third-order valence-electron chi connectivity index (χ3n) is 3.09. The molecule has 19 heavy (non-hydrogen) atoms. The topological polar surface area (TPSA) is 35.5 Å². The second kappa shape index (κ2) is 5.96. The number of hydrogen-bond acceptors (Lipinski definition) is 3. The highest BCUT2D eigenvalue weighted by Crippen LogP contribution is 2.33. The lowest BCUT2D eigenvalue weighted by Gasteiger charge is -2.32. The van der Waals surface area contributed by atoms with Gasteiger partial charge in [0.25, 0.3) is 0 Å². The van der Waals surface area contributed by atoms with Gasteiger partial charge in [0.2, 0.25) is 0 Å². The summed E-state index contributed by atoms with van der Waals surface area (Å²) in [6.07, 6.45) is 0.0363. The van der Waals surface area contributed by atoms with E-state index in [9.17, 15) is 13.6 Å². The summed E-state index contributed by atoms with van der Waals surface area (Å²) in [5, 5.41) is 0. The summed E-state index contributed by atoms with van der Waals surface area (Å²) in [7, 11) is 0. The zero-order chi connectivity index (χ0) is 14.0. The first kappa shape index (κ1) is 14.4. The molecule has 6 heteroatoms. The van der Waals surface area contributed by atoms with Gasteiger partial charge in [-0.1, -0.05) is 22.0 Å². The van der Waals surface area contributed by atoms with Crippen LogP contribution in [0, 0.1) is 12.8 Å². The number of carbonyl (C=O) groups excluding carboxylic acids is 1. The molecule has 0 spiro atoms. The van der Waals surface area contributed by atoms with E-state index in [2.05, 4.69) is 20.7 Å². The molecule has 0 radical (unpaired) electrons. The van der Waals surface area contributed by atoms with Crippen molar-refractivity contribution in [2.24, 2.45) is 5.92 Å². The van der Waals surface area contributed by atoms with E-state index in [-0.39, 0.29) is 18.8 Å². The summed E-state index contributed by atoms with van der Waals surface area (Å²) in [6, 6.07) is 5.24. The highest BCUT2D eigenvalue weighted by atomic mass is 79.9. The first-order valence-electron chi connectivity index (χ1n) is 5.87. The molecule has 0 amide bonds. The van der Waals surface area contributed by atoms with Crippen molar-refractivity contribution in [2.75, 3.05) is 0 Å². The number of rotatable bonds is 4. The van der Waals surface area contributed by atoms with Gasteiger partial charge in [0.1, 0.15) is 5.75 Å². The van der Waals surface area contributed by atoms with Gasteiger partial charge >= 0.3 is 12.6 Å². The van der Waals surface area contributed by atoms with Crippen LogP contribution in [0.2, 0.25) is 0 Å². The molecule has 3 nitrogen and oxygen atoms in total. The highest BCUT2D eigenvalue weighted by molar-refractivity contribution is 9.10. The number of aryl methyl sites for hydroxylation is 1. The lowest BCUT2D eigenvalue weighted by Crippen LogP contribution is -2.39. The lowest BCUT2D eigenvalue weighted by molar-refractivity contribution is -0.196. The molecule has 1 aliphatic carbocycles. The summed E-state index contributed by atoms with van der Waals surface area (Å²) in [5.74, 6) is -0.311. The van der Waals surface area contributed by atoms with Crippen LogP contribution in [0.5, 0.6) is 5.75 Å². The largest absolute Gasteiger partial charge is 0.426 e. The summed E-state index contributed by atoms with van der Waals surface area (Å²) in [4.78, 5) is 11.7. The van der Waals surface area contributed by atoms with Crippen molar-refractivity contribution in [1.29, 1.82) is 0 Å². The maximum absolute atomic E-state index is 11.9. The number of benzene rings is 1. The fraction of sp³-hybridized carbons (Fsp3) is 0.462. The number of carbonyl (C=O) groups is 1. The Kier molecular flexibility index (Phi) is 4.52.